The lowest BCUT2D eigenvalue weighted by Gasteiger charge is -2.28. The van der Waals surface area contributed by atoms with Crippen LogP contribution in [0.3, 0.4) is 0 Å². The number of ether oxygens (including phenoxy) is 1. The van der Waals surface area contributed by atoms with Crippen molar-refractivity contribution in [2.75, 3.05) is 33.0 Å². The molecule has 1 rings (SSSR count). The molecule has 0 radical (unpaired) electrons. The maximum absolute atomic E-state index is 11.2. The van der Waals surface area contributed by atoms with Crippen LogP contribution >= 0.6 is 7.37 Å². The second-order valence-corrected chi connectivity index (χ2v) is 6.54. The molecule has 1 aliphatic heterocycles. The molecule has 2 atom stereocenters. The van der Waals surface area contributed by atoms with Crippen molar-refractivity contribution in [2.45, 2.75) is 19.1 Å². The molecule has 78 valence electrons. The van der Waals surface area contributed by atoms with Crippen molar-refractivity contribution in [3.8, 4) is 0 Å². The fraction of sp³-hybridized carbons (Fsp3) is 1.00. The Bertz CT molecular complexity index is 204. The molecule has 5 heteroatoms. The summed E-state index contributed by atoms with van der Waals surface area (Å²) in [5.41, 5.74) is 0. The summed E-state index contributed by atoms with van der Waals surface area (Å²) >= 11 is 0. The van der Waals surface area contributed by atoms with Crippen LogP contribution in [-0.2, 0) is 13.8 Å². The third-order valence-corrected chi connectivity index (χ3v) is 2.57. The van der Waals surface area contributed by atoms with Gasteiger partial charge in [-0.1, -0.05) is 0 Å². The molecule has 1 N–H and O–H groups in total. The molecule has 1 fully saturated rings. The van der Waals surface area contributed by atoms with Crippen molar-refractivity contribution in [3.05, 3.63) is 0 Å². The molecule has 0 aliphatic carbocycles. The maximum Gasteiger partial charge on any atom is 0.197 e. The highest BCUT2D eigenvalue weighted by atomic mass is 31.2. The lowest BCUT2D eigenvalue weighted by atomic mass is 10.3. The van der Waals surface area contributed by atoms with Crippen molar-refractivity contribution >= 4 is 7.37 Å². The Morgan fingerprint density at radius 3 is 2.77 bits per heavy atom. The van der Waals surface area contributed by atoms with Gasteiger partial charge in [-0.15, -0.1) is 0 Å². The first-order valence-corrected chi connectivity index (χ1v) is 7.05. The predicted octanol–water partition coefficient (Wildman–Crippen LogP) is 0.918. The molecule has 0 aromatic rings. The fourth-order valence-electron chi connectivity index (χ4n) is 1.23. The molecule has 13 heavy (non-hydrogen) atoms. The average Bonchev–Trinajstić information content (AvgIpc) is 2.00. The van der Waals surface area contributed by atoms with Crippen molar-refractivity contribution in [3.63, 3.8) is 0 Å². The monoisotopic (exact) mass is 207 g/mol. The van der Waals surface area contributed by atoms with E-state index in [4.69, 9.17) is 9.26 Å². The second-order valence-electron chi connectivity index (χ2n) is 3.77. The normalized spacial score (nSPS) is 30.4. The SMILES string of the molecule is C[C@H]1CNC[C@@H](COP(C)(C)=O)O1. The highest BCUT2D eigenvalue weighted by Crippen LogP contribution is 2.37. The van der Waals surface area contributed by atoms with Crippen LogP contribution in [0.2, 0.25) is 0 Å². The van der Waals surface area contributed by atoms with E-state index in [1.54, 1.807) is 13.3 Å². The third kappa shape index (κ3) is 4.77. The van der Waals surface area contributed by atoms with E-state index in [0.29, 0.717) is 6.61 Å². The number of hydrogen-bond acceptors (Lipinski definition) is 4. The van der Waals surface area contributed by atoms with Crippen molar-refractivity contribution in [1.29, 1.82) is 0 Å². The number of nitrogens with one attached hydrogen (secondary N) is 1. The van der Waals surface area contributed by atoms with Gasteiger partial charge < -0.3 is 14.6 Å². The van der Waals surface area contributed by atoms with Gasteiger partial charge in [-0.05, 0) is 6.92 Å². The van der Waals surface area contributed by atoms with Crippen LogP contribution < -0.4 is 5.32 Å². The lowest BCUT2D eigenvalue weighted by Crippen LogP contribution is -2.45. The second kappa shape index (κ2) is 4.56. The Morgan fingerprint density at radius 2 is 2.23 bits per heavy atom. The van der Waals surface area contributed by atoms with Gasteiger partial charge in [-0.3, -0.25) is 4.57 Å². The topological polar surface area (TPSA) is 47.6 Å². The lowest BCUT2D eigenvalue weighted by molar-refractivity contribution is -0.0464. The number of hydrogen-bond donors (Lipinski definition) is 1. The van der Waals surface area contributed by atoms with Crippen LogP contribution in [0.1, 0.15) is 6.92 Å². The van der Waals surface area contributed by atoms with Gasteiger partial charge in [0.25, 0.3) is 0 Å². The molecule has 1 heterocycles. The molecular formula is C8H18NO3P. The maximum atomic E-state index is 11.2. The first kappa shape index (κ1) is 11.2. The van der Waals surface area contributed by atoms with E-state index >= 15 is 0 Å². The van der Waals surface area contributed by atoms with Gasteiger partial charge in [-0.2, -0.15) is 0 Å². The third-order valence-electron chi connectivity index (χ3n) is 1.80. The first-order valence-electron chi connectivity index (χ1n) is 4.53. The van der Waals surface area contributed by atoms with E-state index in [0.717, 1.165) is 13.1 Å². The zero-order chi connectivity index (χ0) is 9.90. The van der Waals surface area contributed by atoms with E-state index in [1.807, 2.05) is 6.92 Å². The van der Waals surface area contributed by atoms with E-state index in [2.05, 4.69) is 5.32 Å². The predicted molar refractivity (Wildman–Crippen MR) is 52.6 cm³/mol. The van der Waals surface area contributed by atoms with Gasteiger partial charge in [0.05, 0.1) is 18.8 Å². The summed E-state index contributed by atoms with van der Waals surface area (Å²) in [6.07, 6.45) is 0.257. The Morgan fingerprint density at radius 1 is 1.54 bits per heavy atom. The highest BCUT2D eigenvalue weighted by Gasteiger charge is 2.20. The largest absolute Gasteiger partial charge is 0.370 e. The molecule has 0 saturated carbocycles. The minimum absolute atomic E-state index is 0.0389. The van der Waals surface area contributed by atoms with Gasteiger partial charge in [0, 0.05) is 26.4 Å². The minimum Gasteiger partial charge on any atom is -0.370 e. The summed E-state index contributed by atoms with van der Waals surface area (Å²) in [4.78, 5) is 0. The van der Waals surface area contributed by atoms with Crippen LogP contribution in [0.25, 0.3) is 0 Å². The van der Waals surface area contributed by atoms with E-state index < -0.39 is 7.37 Å². The molecule has 0 spiro atoms. The standard InChI is InChI=1S/C8H18NO3P/c1-7-4-9-5-8(12-7)6-11-13(2,3)10/h7-9H,4-6H2,1-3H3/t7-,8-/m0/s1. The molecule has 0 aromatic carbocycles. The van der Waals surface area contributed by atoms with Gasteiger partial charge in [0.2, 0.25) is 0 Å². The van der Waals surface area contributed by atoms with Crippen LogP contribution in [0.4, 0.5) is 0 Å². The van der Waals surface area contributed by atoms with Crippen LogP contribution in [0.5, 0.6) is 0 Å². The van der Waals surface area contributed by atoms with Crippen LogP contribution in [0.15, 0.2) is 0 Å². The fourth-order valence-corrected chi connectivity index (χ4v) is 1.76. The Balaban J connectivity index is 2.25. The van der Waals surface area contributed by atoms with Gasteiger partial charge in [0.1, 0.15) is 0 Å². The molecule has 0 unspecified atom stereocenters. The highest BCUT2D eigenvalue weighted by molar-refractivity contribution is 7.57. The quantitative estimate of drug-likeness (QED) is 0.699. The molecular weight excluding hydrogens is 189 g/mol. The Kier molecular flexibility index (Phi) is 3.92. The molecule has 0 aromatic heterocycles. The van der Waals surface area contributed by atoms with E-state index in [1.165, 1.54) is 0 Å². The molecule has 1 aliphatic rings. The van der Waals surface area contributed by atoms with Crippen molar-refractivity contribution in [1.82, 2.24) is 5.32 Å². The Hall–Kier alpha value is 0.110. The molecule has 0 amide bonds. The zero-order valence-electron chi connectivity index (χ0n) is 8.45. The molecule has 4 nitrogen and oxygen atoms in total. The van der Waals surface area contributed by atoms with E-state index in [-0.39, 0.29) is 12.2 Å². The number of rotatable bonds is 3. The summed E-state index contributed by atoms with van der Waals surface area (Å²) in [6, 6.07) is 0. The molecule has 1 saturated heterocycles. The zero-order valence-corrected chi connectivity index (χ0v) is 9.34. The van der Waals surface area contributed by atoms with Crippen LogP contribution in [-0.4, -0.2) is 45.2 Å². The summed E-state index contributed by atoms with van der Waals surface area (Å²) in [7, 11) is -2.36. The van der Waals surface area contributed by atoms with Gasteiger partial charge in [-0.25, -0.2) is 0 Å². The van der Waals surface area contributed by atoms with Gasteiger partial charge in [0.15, 0.2) is 7.37 Å². The summed E-state index contributed by atoms with van der Waals surface area (Å²) in [5.74, 6) is 0. The first-order chi connectivity index (χ1) is 5.97. The summed E-state index contributed by atoms with van der Waals surface area (Å²) < 4.78 is 22.0. The average molecular weight is 207 g/mol. The molecule has 0 bridgehead atoms. The summed E-state index contributed by atoms with van der Waals surface area (Å²) in [6.45, 7) is 7.33. The van der Waals surface area contributed by atoms with E-state index in [9.17, 15) is 4.57 Å². The number of morpholine rings is 1. The van der Waals surface area contributed by atoms with Crippen molar-refractivity contribution in [2.24, 2.45) is 0 Å². The van der Waals surface area contributed by atoms with Crippen molar-refractivity contribution < 1.29 is 13.8 Å². The Labute approximate surface area is 79.4 Å². The van der Waals surface area contributed by atoms with Crippen LogP contribution in [0, 0.1) is 0 Å². The smallest absolute Gasteiger partial charge is 0.197 e. The summed E-state index contributed by atoms with van der Waals surface area (Å²) in [5, 5.41) is 3.23. The van der Waals surface area contributed by atoms with Gasteiger partial charge >= 0.3 is 0 Å². The minimum atomic E-state index is -2.36.